The summed E-state index contributed by atoms with van der Waals surface area (Å²) in [6.07, 6.45) is 3.08. The summed E-state index contributed by atoms with van der Waals surface area (Å²) in [5.74, 6) is 1.27. The monoisotopic (exact) mass is 271 g/mol. The van der Waals surface area contributed by atoms with Crippen molar-refractivity contribution in [2.45, 2.75) is 26.2 Å². The molecule has 17 heavy (non-hydrogen) atoms. The third-order valence-corrected chi connectivity index (χ3v) is 4.90. The Morgan fingerprint density at radius 3 is 3.12 bits per heavy atom. The van der Waals surface area contributed by atoms with Crippen LogP contribution in [0.15, 0.2) is 11.4 Å². The molecule has 1 aromatic heterocycles. The van der Waals surface area contributed by atoms with Crippen LogP contribution in [0.4, 0.5) is 0 Å². The first-order valence-electron chi connectivity index (χ1n) is 6.15. The number of piperidine rings is 1. The van der Waals surface area contributed by atoms with Crippen LogP contribution >= 0.6 is 22.9 Å². The van der Waals surface area contributed by atoms with Crippen LogP contribution in [0.5, 0.6) is 0 Å². The minimum absolute atomic E-state index is 0.197. The van der Waals surface area contributed by atoms with Gasteiger partial charge in [0.25, 0.3) is 0 Å². The van der Waals surface area contributed by atoms with E-state index in [4.69, 9.17) is 11.6 Å². The van der Waals surface area contributed by atoms with Crippen molar-refractivity contribution in [1.29, 1.82) is 0 Å². The van der Waals surface area contributed by atoms with Gasteiger partial charge in [0.15, 0.2) is 5.78 Å². The molecule has 1 saturated heterocycles. The number of rotatable bonds is 4. The number of carbonyl (C=O) groups excluding carboxylic acids is 1. The molecule has 1 aliphatic heterocycles. The third kappa shape index (κ3) is 3.30. The molecule has 0 amide bonds. The summed E-state index contributed by atoms with van der Waals surface area (Å²) in [5, 5.41) is 5.88. The SMILES string of the molecule is CC(CC(=O)c1sccc1Cl)C1CCCNC1. The van der Waals surface area contributed by atoms with E-state index in [-0.39, 0.29) is 5.78 Å². The van der Waals surface area contributed by atoms with E-state index in [2.05, 4.69) is 12.2 Å². The molecule has 0 spiro atoms. The van der Waals surface area contributed by atoms with Gasteiger partial charge in [-0.2, -0.15) is 0 Å². The topological polar surface area (TPSA) is 29.1 Å². The number of thiophene rings is 1. The maximum Gasteiger partial charge on any atom is 0.174 e. The summed E-state index contributed by atoms with van der Waals surface area (Å²) in [4.78, 5) is 12.8. The molecule has 2 unspecified atom stereocenters. The van der Waals surface area contributed by atoms with E-state index in [1.807, 2.05) is 5.38 Å². The lowest BCUT2D eigenvalue weighted by Crippen LogP contribution is -2.33. The van der Waals surface area contributed by atoms with Gasteiger partial charge >= 0.3 is 0 Å². The molecule has 2 heterocycles. The second kappa shape index (κ2) is 5.98. The Balaban J connectivity index is 1.92. The van der Waals surface area contributed by atoms with Gasteiger partial charge < -0.3 is 5.32 Å². The minimum atomic E-state index is 0.197. The van der Waals surface area contributed by atoms with Gasteiger partial charge in [-0.3, -0.25) is 4.79 Å². The molecule has 2 nitrogen and oxygen atoms in total. The van der Waals surface area contributed by atoms with Crippen molar-refractivity contribution in [3.63, 3.8) is 0 Å². The van der Waals surface area contributed by atoms with Crippen molar-refractivity contribution in [2.75, 3.05) is 13.1 Å². The van der Waals surface area contributed by atoms with Crippen LogP contribution in [-0.4, -0.2) is 18.9 Å². The van der Waals surface area contributed by atoms with E-state index < -0.39 is 0 Å². The highest BCUT2D eigenvalue weighted by molar-refractivity contribution is 7.12. The Bertz CT molecular complexity index is 385. The van der Waals surface area contributed by atoms with Crippen LogP contribution in [0, 0.1) is 11.8 Å². The number of carbonyl (C=O) groups is 1. The van der Waals surface area contributed by atoms with Gasteiger partial charge in [0.05, 0.1) is 9.90 Å². The number of Topliss-reactive ketones (excluding diaryl/α,β-unsaturated/α-hetero) is 1. The van der Waals surface area contributed by atoms with E-state index >= 15 is 0 Å². The van der Waals surface area contributed by atoms with E-state index in [1.54, 1.807) is 6.07 Å². The van der Waals surface area contributed by atoms with Crippen molar-refractivity contribution >= 4 is 28.7 Å². The van der Waals surface area contributed by atoms with Gasteiger partial charge in [-0.25, -0.2) is 0 Å². The fraction of sp³-hybridized carbons (Fsp3) is 0.615. The van der Waals surface area contributed by atoms with Crippen LogP contribution < -0.4 is 5.32 Å². The van der Waals surface area contributed by atoms with E-state index in [0.717, 1.165) is 18.0 Å². The lowest BCUT2D eigenvalue weighted by molar-refractivity contribution is 0.0947. The predicted octanol–water partition coefficient (Wildman–Crippen LogP) is 3.61. The Labute approximate surface area is 111 Å². The molecule has 0 bridgehead atoms. The molecule has 2 atom stereocenters. The number of nitrogens with one attached hydrogen (secondary N) is 1. The Morgan fingerprint density at radius 1 is 1.71 bits per heavy atom. The third-order valence-electron chi connectivity index (χ3n) is 3.52. The fourth-order valence-corrected chi connectivity index (χ4v) is 3.52. The van der Waals surface area contributed by atoms with Gasteiger partial charge in [0.2, 0.25) is 0 Å². The summed E-state index contributed by atoms with van der Waals surface area (Å²) in [7, 11) is 0. The summed E-state index contributed by atoms with van der Waals surface area (Å²) in [6, 6.07) is 1.80. The van der Waals surface area contributed by atoms with Crippen LogP contribution in [0.1, 0.15) is 35.9 Å². The van der Waals surface area contributed by atoms with Crippen molar-refractivity contribution in [3.05, 3.63) is 21.3 Å². The summed E-state index contributed by atoms with van der Waals surface area (Å²) >= 11 is 7.43. The summed E-state index contributed by atoms with van der Waals surface area (Å²) in [6.45, 7) is 4.34. The quantitative estimate of drug-likeness (QED) is 0.848. The number of halogens is 1. The zero-order valence-electron chi connectivity index (χ0n) is 10.0. The molecule has 0 saturated carbocycles. The van der Waals surface area contributed by atoms with Crippen LogP contribution in [-0.2, 0) is 0 Å². The number of ketones is 1. The average molecular weight is 272 g/mol. The summed E-state index contributed by atoms with van der Waals surface area (Å²) in [5.41, 5.74) is 0. The normalized spacial score (nSPS) is 22.4. The van der Waals surface area contributed by atoms with Gasteiger partial charge in [0, 0.05) is 6.42 Å². The smallest absolute Gasteiger partial charge is 0.174 e. The van der Waals surface area contributed by atoms with E-state index in [1.165, 1.54) is 24.2 Å². The fourth-order valence-electron chi connectivity index (χ4n) is 2.41. The van der Waals surface area contributed by atoms with Gasteiger partial charge in [-0.05, 0) is 49.2 Å². The maximum atomic E-state index is 12.1. The lowest BCUT2D eigenvalue weighted by atomic mass is 9.84. The molecule has 4 heteroatoms. The van der Waals surface area contributed by atoms with Gasteiger partial charge in [-0.15, -0.1) is 11.3 Å². The second-order valence-electron chi connectivity index (χ2n) is 4.81. The van der Waals surface area contributed by atoms with E-state index in [9.17, 15) is 4.79 Å². The Hall–Kier alpha value is -0.380. The molecule has 0 aliphatic carbocycles. The molecular weight excluding hydrogens is 254 g/mol. The van der Waals surface area contributed by atoms with Crippen molar-refractivity contribution in [2.24, 2.45) is 11.8 Å². The van der Waals surface area contributed by atoms with Gasteiger partial charge in [-0.1, -0.05) is 18.5 Å². The standard InChI is InChI=1S/C13H18ClNOS/c1-9(10-3-2-5-15-8-10)7-12(16)13-11(14)4-6-17-13/h4,6,9-10,15H,2-3,5,7-8H2,1H3. The first-order valence-corrected chi connectivity index (χ1v) is 7.41. The number of hydrogen-bond acceptors (Lipinski definition) is 3. The molecule has 1 N–H and O–H groups in total. The van der Waals surface area contributed by atoms with Crippen molar-refractivity contribution in [1.82, 2.24) is 5.32 Å². The Morgan fingerprint density at radius 2 is 2.53 bits per heavy atom. The van der Waals surface area contributed by atoms with Gasteiger partial charge in [0.1, 0.15) is 0 Å². The van der Waals surface area contributed by atoms with Crippen LogP contribution in [0.25, 0.3) is 0 Å². The van der Waals surface area contributed by atoms with Crippen LogP contribution in [0.3, 0.4) is 0 Å². The zero-order valence-corrected chi connectivity index (χ0v) is 11.6. The molecular formula is C13H18ClNOS. The highest BCUT2D eigenvalue weighted by atomic mass is 35.5. The largest absolute Gasteiger partial charge is 0.316 e. The molecule has 1 fully saturated rings. The number of hydrogen-bond donors (Lipinski definition) is 1. The highest BCUT2D eigenvalue weighted by Gasteiger charge is 2.23. The first kappa shape index (κ1) is 13.1. The highest BCUT2D eigenvalue weighted by Crippen LogP contribution is 2.28. The minimum Gasteiger partial charge on any atom is -0.316 e. The van der Waals surface area contributed by atoms with Crippen molar-refractivity contribution in [3.8, 4) is 0 Å². The zero-order chi connectivity index (χ0) is 12.3. The molecule has 2 rings (SSSR count). The Kier molecular flexibility index (Phi) is 4.60. The maximum absolute atomic E-state index is 12.1. The molecule has 0 aromatic carbocycles. The molecule has 1 aromatic rings. The predicted molar refractivity (Wildman–Crippen MR) is 73.0 cm³/mol. The van der Waals surface area contributed by atoms with Crippen LogP contribution in [0.2, 0.25) is 5.02 Å². The van der Waals surface area contributed by atoms with Crippen molar-refractivity contribution < 1.29 is 4.79 Å². The lowest BCUT2D eigenvalue weighted by Gasteiger charge is -2.27. The molecule has 94 valence electrons. The summed E-state index contributed by atoms with van der Waals surface area (Å²) < 4.78 is 0. The average Bonchev–Trinajstić information content (AvgIpc) is 2.76. The first-order chi connectivity index (χ1) is 8.18. The van der Waals surface area contributed by atoms with E-state index in [0.29, 0.717) is 23.3 Å². The molecule has 0 radical (unpaired) electrons. The molecule has 1 aliphatic rings. The second-order valence-corrected chi connectivity index (χ2v) is 6.13.